The fraction of sp³-hybridized carbons (Fsp3) is 0.258. The van der Waals surface area contributed by atoms with Gasteiger partial charge in [0, 0.05) is 15.1 Å². The molecule has 3 aromatic rings. The van der Waals surface area contributed by atoms with Crippen LogP contribution >= 0.6 is 39.1 Å². The van der Waals surface area contributed by atoms with Crippen molar-refractivity contribution in [3.63, 3.8) is 0 Å². The van der Waals surface area contributed by atoms with Crippen LogP contribution in [-0.4, -0.2) is 46.0 Å². The number of nitrogens with zero attached hydrogens (tertiary/aromatic N) is 2. The molecule has 2 fully saturated rings. The van der Waals surface area contributed by atoms with Crippen LogP contribution in [0.5, 0.6) is 5.75 Å². The Kier molecular flexibility index (Phi) is 8.82. The predicted octanol–water partition coefficient (Wildman–Crippen LogP) is 6.64. The van der Waals surface area contributed by atoms with Crippen molar-refractivity contribution in [1.29, 1.82) is 0 Å². The van der Waals surface area contributed by atoms with Crippen LogP contribution < -0.4 is 4.74 Å². The Morgan fingerprint density at radius 3 is 2.21 bits per heavy atom. The number of ether oxygens (including phenoxy) is 1. The molecular weight excluding hydrogens is 647 g/mol. The van der Waals surface area contributed by atoms with E-state index in [2.05, 4.69) is 15.9 Å². The molecule has 8 nitrogen and oxygen atoms in total. The lowest BCUT2D eigenvalue weighted by Gasteiger charge is -2.30. The number of carbonyl (C=O) groups excluding carboxylic acids is 5. The third-order valence-corrected chi connectivity index (χ3v) is 8.64. The molecule has 2 aliphatic rings. The van der Waals surface area contributed by atoms with E-state index in [4.69, 9.17) is 27.9 Å². The maximum atomic E-state index is 13.8. The van der Waals surface area contributed by atoms with Crippen LogP contribution in [0.1, 0.15) is 57.3 Å². The van der Waals surface area contributed by atoms with E-state index in [-0.39, 0.29) is 27.8 Å². The lowest BCUT2D eigenvalue weighted by molar-refractivity contribution is -0.154. The van der Waals surface area contributed by atoms with Gasteiger partial charge in [0.2, 0.25) is 0 Å². The monoisotopic (exact) mass is 670 g/mol. The Morgan fingerprint density at radius 2 is 1.55 bits per heavy atom. The van der Waals surface area contributed by atoms with Gasteiger partial charge < -0.3 is 4.74 Å². The van der Waals surface area contributed by atoms with Gasteiger partial charge in [0.15, 0.2) is 5.78 Å². The molecule has 11 heteroatoms. The second-order valence-electron chi connectivity index (χ2n) is 10.5. The topological polar surface area (TPSA) is 101 Å². The zero-order valence-electron chi connectivity index (χ0n) is 22.4. The molecule has 3 aromatic carbocycles. The van der Waals surface area contributed by atoms with Crippen LogP contribution in [0.3, 0.4) is 0 Å². The van der Waals surface area contributed by atoms with E-state index in [1.54, 1.807) is 24.3 Å². The van der Waals surface area contributed by atoms with Crippen molar-refractivity contribution >= 4 is 68.6 Å². The minimum atomic E-state index is -0.779. The molecule has 3 amide bonds. The summed E-state index contributed by atoms with van der Waals surface area (Å²) >= 11 is 15.6. The largest absolute Gasteiger partial charge is 0.423 e. The molecule has 0 bridgehead atoms. The number of rotatable bonds is 7. The average molecular weight is 672 g/mol. The van der Waals surface area contributed by atoms with E-state index in [0.717, 1.165) is 20.9 Å². The number of fused-ring (bicyclic) bond motifs is 1. The summed E-state index contributed by atoms with van der Waals surface area (Å²) in [6, 6.07) is 16.7. The summed E-state index contributed by atoms with van der Waals surface area (Å²) in [6.45, 7) is 1.43. The number of hydrogen-bond acceptors (Lipinski definition) is 6. The maximum Gasteiger partial charge on any atom is 0.343 e. The van der Waals surface area contributed by atoms with Crippen LogP contribution in [0, 0.1) is 17.8 Å². The summed E-state index contributed by atoms with van der Waals surface area (Å²) < 4.78 is 6.21. The third kappa shape index (κ3) is 6.14. The first-order valence-electron chi connectivity index (χ1n) is 13.3. The van der Waals surface area contributed by atoms with Crippen molar-refractivity contribution in [2.75, 3.05) is 6.54 Å². The van der Waals surface area contributed by atoms with Crippen molar-refractivity contribution in [2.24, 2.45) is 17.8 Å². The van der Waals surface area contributed by atoms with Gasteiger partial charge in [-0.1, -0.05) is 46.1 Å². The zero-order valence-corrected chi connectivity index (χ0v) is 25.5. The van der Waals surface area contributed by atoms with Crippen LogP contribution in [0.4, 0.5) is 0 Å². The Morgan fingerprint density at radius 1 is 0.905 bits per heavy atom. The van der Waals surface area contributed by atoms with Gasteiger partial charge >= 0.3 is 5.97 Å². The molecule has 1 saturated carbocycles. The number of imide groups is 1. The van der Waals surface area contributed by atoms with E-state index in [0.29, 0.717) is 23.4 Å². The number of esters is 1. The molecule has 1 saturated heterocycles. The summed E-state index contributed by atoms with van der Waals surface area (Å²) in [4.78, 5) is 66.6. The minimum absolute atomic E-state index is 0.00657. The Labute approximate surface area is 260 Å². The number of carbonyl (C=O) groups is 5. The SMILES string of the molecule is C[C@@H]1CC[C@@H]2C(=O)N(N(CC(=O)c3ccc(OC(=O)c4ccc(Br)cc4)cc3)C(=O)c3ccc(Cl)cc3Cl)C(=O)[C@H]2C1. The van der Waals surface area contributed by atoms with Crippen molar-refractivity contribution in [1.82, 2.24) is 10.0 Å². The fourth-order valence-corrected chi connectivity index (χ4v) is 6.09. The molecule has 0 unspecified atom stereocenters. The summed E-state index contributed by atoms with van der Waals surface area (Å²) in [6.07, 6.45) is 1.86. The number of halogens is 3. The maximum absolute atomic E-state index is 13.8. The molecule has 42 heavy (non-hydrogen) atoms. The molecule has 0 N–H and O–H groups in total. The summed E-state index contributed by atoms with van der Waals surface area (Å²) in [5.74, 6) is -3.51. The van der Waals surface area contributed by atoms with Gasteiger partial charge in [-0.2, -0.15) is 5.01 Å². The Hall–Kier alpha value is -3.53. The van der Waals surface area contributed by atoms with Gasteiger partial charge in [0.1, 0.15) is 12.3 Å². The number of hydrogen-bond donors (Lipinski definition) is 0. The number of benzene rings is 3. The summed E-state index contributed by atoms with van der Waals surface area (Å²) in [5.41, 5.74) is 0.528. The zero-order chi connectivity index (χ0) is 30.1. The molecule has 3 atom stereocenters. The molecule has 216 valence electrons. The van der Waals surface area contributed by atoms with E-state index < -0.39 is 47.9 Å². The van der Waals surface area contributed by atoms with Gasteiger partial charge in [-0.25, -0.2) is 9.80 Å². The van der Waals surface area contributed by atoms with E-state index >= 15 is 0 Å². The van der Waals surface area contributed by atoms with E-state index in [9.17, 15) is 24.0 Å². The summed E-state index contributed by atoms with van der Waals surface area (Å²) in [5, 5.41) is 2.03. The first-order chi connectivity index (χ1) is 20.0. The number of hydrazine groups is 1. The number of ketones is 1. The van der Waals surface area contributed by atoms with Crippen LogP contribution in [0.15, 0.2) is 71.2 Å². The highest BCUT2D eigenvalue weighted by Gasteiger charge is 2.53. The number of amides is 3. The van der Waals surface area contributed by atoms with Gasteiger partial charge in [-0.05, 0) is 91.9 Å². The fourth-order valence-electron chi connectivity index (χ4n) is 5.33. The normalized spacial score (nSPS) is 19.8. The van der Waals surface area contributed by atoms with E-state index in [1.165, 1.54) is 42.5 Å². The van der Waals surface area contributed by atoms with Gasteiger partial charge in [0.05, 0.1) is 28.0 Å². The molecule has 1 aliphatic heterocycles. The van der Waals surface area contributed by atoms with Crippen molar-refractivity contribution in [2.45, 2.75) is 26.2 Å². The predicted molar refractivity (Wildman–Crippen MR) is 159 cm³/mol. The molecule has 0 spiro atoms. The molecule has 1 aliphatic carbocycles. The number of Topliss-reactive ketones (excluding diaryl/α,β-unsaturated/α-hetero) is 1. The molecular formula is C31H25BrCl2N2O6. The second kappa shape index (κ2) is 12.4. The molecule has 0 radical (unpaired) electrons. The molecule has 1 heterocycles. The van der Waals surface area contributed by atoms with Crippen molar-refractivity contribution in [3.8, 4) is 5.75 Å². The first-order valence-corrected chi connectivity index (χ1v) is 14.8. The van der Waals surface area contributed by atoms with Crippen LogP contribution in [0.25, 0.3) is 0 Å². The minimum Gasteiger partial charge on any atom is -0.423 e. The third-order valence-electron chi connectivity index (χ3n) is 7.56. The van der Waals surface area contributed by atoms with Gasteiger partial charge in [0.25, 0.3) is 17.7 Å². The Balaban J connectivity index is 1.39. The van der Waals surface area contributed by atoms with Crippen molar-refractivity contribution < 1.29 is 28.7 Å². The molecule has 0 aromatic heterocycles. The highest BCUT2D eigenvalue weighted by atomic mass is 79.9. The lowest BCUT2D eigenvalue weighted by atomic mass is 9.76. The smallest absolute Gasteiger partial charge is 0.343 e. The van der Waals surface area contributed by atoms with Crippen molar-refractivity contribution in [3.05, 3.63) is 97.9 Å². The molecule has 5 rings (SSSR count). The first kappa shape index (κ1) is 29.9. The van der Waals surface area contributed by atoms with Crippen LogP contribution in [-0.2, 0) is 9.59 Å². The van der Waals surface area contributed by atoms with Gasteiger partial charge in [-0.15, -0.1) is 0 Å². The summed E-state index contributed by atoms with van der Waals surface area (Å²) in [7, 11) is 0. The van der Waals surface area contributed by atoms with Gasteiger partial charge in [-0.3, -0.25) is 19.2 Å². The second-order valence-corrected chi connectivity index (χ2v) is 12.2. The quantitative estimate of drug-likeness (QED) is 0.121. The standard InChI is InChI=1S/C31H25BrCl2N2O6/c1-17-2-12-23-25(14-17)30(40)36(29(23)39)35(28(38)24-13-9-21(33)15-26(24)34)16-27(37)18-5-10-22(11-6-18)42-31(41)19-3-7-20(32)8-4-19/h3-11,13,15,17,23,25H,2,12,14,16H2,1H3/t17-,23+,25+/m1/s1. The lowest BCUT2D eigenvalue weighted by Crippen LogP contribution is -2.52. The highest BCUT2D eigenvalue weighted by Crippen LogP contribution is 2.41. The highest BCUT2D eigenvalue weighted by molar-refractivity contribution is 9.10. The van der Waals surface area contributed by atoms with Crippen LogP contribution in [0.2, 0.25) is 10.0 Å². The average Bonchev–Trinajstić information content (AvgIpc) is 3.20. The van der Waals surface area contributed by atoms with E-state index in [1.807, 2.05) is 6.92 Å². The Bertz CT molecular complexity index is 1580.